The van der Waals surface area contributed by atoms with E-state index in [0.29, 0.717) is 11.4 Å². The zero-order chi connectivity index (χ0) is 13.9. The molecule has 0 aliphatic carbocycles. The fourth-order valence-electron chi connectivity index (χ4n) is 0.693. The van der Waals surface area contributed by atoms with Crippen LogP contribution in [0.5, 0.6) is 0 Å². The molecule has 0 heterocycles. The summed E-state index contributed by atoms with van der Waals surface area (Å²) in [6, 6.07) is -1.26. The van der Waals surface area contributed by atoms with Gasteiger partial charge < -0.3 is 15.7 Å². The number of urea groups is 1. The maximum atomic E-state index is 12.5. The average molecular weight is 319 g/mol. The molecule has 5 nitrogen and oxygen atoms in total. The SMILES string of the molecule is C=C(Br)CNC(=O)NC(C)(C(=O)O)C(F)(F)F. The third-order valence-electron chi connectivity index (χ3n) is 1.80. The molecule has 0 radical (unpaired) electrons. The van der Waals surface area contributed by atoms with Crippen LogP contribution in [0.1, 0.15) is 6.92 Å². The smallest absolute Gasteiger partial charge is 0.422 e. The predicted molar refractivity (Wildman–Crippen MR) is 56.7 cm³/mol. The topological polar surface area (TPSA) is 78.4 Å². The maximum absolute atomic E-state index is 12.5. The largest absolute Gasteiger partial charge is 0.479 e. The summed E-state index contributed by atoms with van der Waals surface area (Å²) in [6.45, 7) is 3.58. The minimum Gasteiger partial charge on any atom is -0.479 e. The number of amides is 2. The van der Waals surface area contributed by atoms with Gasteiger partial charge in [0.05, 0.1) is 6.54 Å². The Morgan fingerprint density at radius 3 is 2.18 bits per heavy atom. The van der Waals surface area contributed by atoms with Gasteiger partial charge in [-0.3, -0.25) is 0 Å². The van der Waals surface area contributed by atoms with Crippen LogP contribution >= 0.6 is 15.9 Å². The molecule has 0 aliphatic rings. The summed E-state index contributed by atoms with van der Waals surface area (Å²) in [6.07, 6.45) is -5.11. The van der Waals surface area contributed by atoms with E-state index in [2.05, 4.69) is 22.5 Å². The lowest BCUT2D eigenvalue weighted by Crippen LogP contribution is -2.63. The maximum Gasteiger partial charge on any atom is 0.422 e. The molecular formula is C8H10BrF3N2O3. The van der Waals surface area contributed by atoms with Crippen molar-refractivity contribution in [3.05, 3.63) is 11.1 Å². The second-order valence-electron chi connectivity index (χ2n) is 3.25. The molecule has 0 aromatic carbocycles. The molecule has 0 rings (SSSR count). The first-order valence-electron chi connectivity index (χ1n) is 4.20. The van der Waals surface area contributed by atoms with Crippen LogP contribution in [-0.4, -0.2) is 35.4 Å². The molecule has 0 aliphatic heterocycles. The number of halogens is 4. The highest BCUT2D eigenvalue weighted by Gasteiger charge is 2.58. The van der Waals surface area contributed by atoms with Gasteiger partial charge in [-0.25, -0.2) is 9.59 Å². The molecule has 98 valence electrons. The van der Waals surface area contributed by atoms with E-state index in [0.717, 1.165) is 0 Å². The highest BCUT2D eigenvalue weighted by molar-refractivity contribution is 9.11. The van der Waals surface area contributed by atoms with Gasteiger partial charge in [-0.05, 0) is 6.92 Å². The Kier molecular flexibility index (Phi) is 4.99. The molecule has 0 saturated carbocycles. The van der Waals surface area contributed by atoms with Crippen molar-refractivity contribution in [1.29, 1.82) is 0 Å². The second kappa shape index (κ2) is 5.39. The summed E-state index contributed by atoms with van der Waals surface area (Å²) in [5, 5.41) is 11.9. The van der Waals surface area contributed by atoms with Gasteiger partial charge in [0.25, 0.3) is 0 Å². The Hall–Kier alpha value is -1.25. The van der Waals surface area contributed by atoms with Gasteiger partial charge in [-0.2, -0.15) is 13.2 Å². The van der Waals surface area contributed by atoms with Crippen molar-refractivity contribution in [2.75, 3.05) is 6.54 Å². The Morgan fingerprint density at radius 1 is 1.41 bits per heavy atom. The van der Waals surface area contributed by atoms with E-state index < -0.39 is 23.7 Å². The van der Waals surface area contributed by atoms with Crippen molar-refractivity contribution in [1.82, 2.24) is 10.6 Å². The first-order chi connectivity index (χ1) is 7.50. The number of carboxylic acid groups (broad SMARTS) is 1. The Morgan fingerprint density at radius 2 is 1.88 bits per heavy atom. The average Bonchev–Trinajstić information content (AvgIpc) is 2.12. The highest BCUT2D eigenvalue weighted by atomic mass is 79.9. The number of aliphatic carboxylic acids is 1. The van der Waals surface area contributed by atoms with Crippen molar-refractivity contribution in [3.63, 3.8) is 0 Å². The predicted octanol–water partition coefficient (Wildman–Crippen LogP) is 1.60. The summed E-state index contributed by atoms with van der Waals surface area (Å²) < 4.78 is 37.7. The molecule has 0 spiro atoms. The fourth-order valence-corrected chi connectivity index (χ4v) is 0.833. The zero-order valence-corrected chi connectivity index (χ0v) is 10.3. The second-order valence-corrected chi connectivity index (χ2v) is 4.37. The molecule has 0 fully saturated rings. The van der Waals surface area contributed by atoms with Crippen LogP contribution in [0.4, 0.5) is 18.0 Å². The molecule has 3 N–H and O–H groups in total. The molecule has 0 saturated heterocycles. The van der Waals surface area contributed by atoms with Gasteiger partial charge >= 0.3 is 18.2 Å². The van der Waals surface area contributed by atoms with Crippen LogP contribution in [0, 0.1) is 0 Å². The van der Waals surface area contributed by atoms with Gasteiger partial charge in [0, 0.05) is 4.48 Å². The quantitative estimate of drug-likeness (QED) is 0.736. The molecule has 0 aromatic heterocycles. The monoisotopic (exact) mass is 318 g/mol. The van der Waals surface area contributed by atoms with Crippen molar-refractivity contribution in [2.45, 2.75) is 18.6 Å². The number of nitrogens with one attached hydrogen (secondary N) is 2. The Balaban J connectivity index is 4.74. The standard InChI is InChI=1S/C8H10BrF3N2O3/c1-4(9)3-13-6(17)14-7(2,5(15)16)8(10,11)12/h1,3H2,2H3,(H,15,16)(H2,13,14,17). The summed E-state index contributed by atoms with van der Waals surface area (Å²) >= 11 is 2.88. The number of hydrogen-bond acceptors (Lipinski definition) is 2. The first-order valence-corrected chi connectivity index (χ1v) is 4.99. The van der Waals surface area contributed by atoms with Gasteiger partial charge in [-0.1, -0.05) is 22.5 Å². The lowest BCUT2D eigenvalue weighted by Gasteiger charge is -2.28. The van der Waals surface area contributed by atoms with Crippen molar-refractivity contribution >= 4 is 27.9 Å². The number of carbonyl (C=O) groups excluding carboxylic acids is 1. The van der Waals surface area contributed by atoms with Gasteiger partial charge in [0.2, 0.25) is 5.54 Å². The number of alkyl halides is 3. The number of carboxylic acids is 1. The van der Waals surface area contributed by atoms with Gasteiger partial charge in [0.1, 0.15) is 0 Å². The summed E-state index contributed by atoms with van der Waals surface area (Å²) in [7, 11) is 0. The molecule has 0 aromatic rings. The minimum absolute atomic E-state index is 0.126. The summed E-state index contributed by atoms with van der Waals surface area (Å²) in [4.78, 5) is 21.6. The van der Waals surface area contributed by atoms with E-state index in [1.54, 1.807) is 0 Å². The van der Waals surface area contributed by atoms with E-state index in [9.17, 15) is 22.8 Å². The zero-order valence-electron chi connectivity index (χ0n) is 8.69. The first kappa shape index (κ1) is 15.8. The summed E-state index contributed by atoms with van der Waals surface area (Å²) in [5.74, 6) is -2.20. The fraction of sp³-hybridized carbons (Fsp3) is 0.500. The lowest BCUT2D eigenvalue weighted by molar-refractivity contribution is -0.203. The number of carbonyl (C=O) groups is 2. The lowest BCUT2D eigenvalue weighted by atomic mass is 10.0. The molecule has 2 amide bonds. The number of hydrogen-bond donors (Lipinski definition) is 3. The van der Waals surface area contributed by atoms with Gasteiger partial charge in [0.15, 0.2) is 0 Å². The van der Waals surface area contributed by atoms with Crippen LogP contribution in [0.25, 0.3) is 0 Å². The molecule has 1 unspecified atom stereocenters. The Bertz CT molecular complexity index is 345. The van der Waals surface area contributed by atoms with E-state index in [1.165, 1.54) is 5.32 Å². The molecule has 9 heteroatoms. The third kappa shape index (κ3) is 4.25. The molecule has 1 atom stereocenters. The van der Waals surface area contributed by atoms with Crippen LogP contribution in [0.3, 0.4) is 0 Å². The van der Waals surface area contributed by atoms with Crippen LogP contribution in [-0.2, 0) is 4.79 Å². The highest BCUT2D eigenvalue weighted by Crippen LogP contribution is 2.30. The van der Waals surface area contributed by atoms with Crippen LogP contribution < -0.4 is 10.6 Å². The van der Waals surface area contributed by atoms with E-state index in [4.69, 9.17) is 5.11 Å². The molecule has 17 heavy (non-hydrogen) atoms. The minimum atomic E-state index is -5.11. The summed E-state index contributed by atoms with van der Waals surface area (Å²) in [5.41, 5.74) is -3.34. The number of rotatable bonds is 4. The van der Waals surface area contributed by atoms with E-state index in [1.807, 2.05) is 5.32 Å². The molecular weight excluding hydrogens is 309 g/mol. The van der Waals surface area contributed by atoms with Crippen LogP contribution in [0.15, 0.2) is 11.1 Å². The normalized spacial score (nSPS) is 14.6. The van der Waals surface area contributed by atoms with Crippen molar-refractivity contribution < 1.29 is 27.9 Å². The third-order valence-corrected chi connectivity index (χ3v) is 2.08. The van der Waals surface area contributed by atoms with Gasteiger partial charge in [-0.15, -0.1) is 0 Å². The van der Waals surface area contributed by atoms with E-state index in [-0.39, 0.29) is 6.54 Å². The Labute approximate surface area is 103 Å². The van der Waals surface area contributed by atoms with Crippen LogP contribution in [0.2, 0.25) is 0 Å². The van der Waals surface area contributed by atoms with Crippen molar-refractivity contribution in [2.24, 2.45) is 0 Å². The molecule has 0 bridgehead atoms. The van der Waals surface area contributed by atoms with Crippen molar-refractivity contribution in [3.8, 4) is 0 Å². The van der Waals surface area contributed by atoms with E-state index >= 15 is 0 Å².